The molecule has 7 heteroatoms. The second-order valence-electron chi connectivity index (χ2n) is 6.26. The molecule has 26 heavy (non-hydrogen) atoms. The van der Waals surface area contributed by atoms with Crippen LogP contribution < -0.4 is 5.32 Å². The summed E-state index contributed by atoms with van der Waals surface area (Å²) in [4.78, 5) is 16.6. The molecule has 2 aromatic carbocycles. The zero-order valence-corrected chi connectivity index (χ0v) is 13.9. The lowest BCUT2D eigenvalue weighted by atomic mass is 9.89. The number of carbonyl (C=O) groups is 1. The van der Waals surface area contributed by atoms with E-state index < -0.39 is 11.7 Å². The summed E-state index contributed by atoms with van der Waals surface area (Å²) in [6.07, 6.45) is 1.43. The summed E-state index contributed by atoms with van der Waals surface area (Å²) in [7, 11) is 0. The lowest BCUT2D eigenvalue weighted by molar-refractivity contribution is 0.102. The highest BCUT2D eigenvalue weighted by molar-refractivity contribution is 6.03. The molecule has 1 atom stereocenters. The van der Waals surface area contributed by atoms with E-state index in [0.29, 0.717) is 13.0 Å². The molecule has 0 saturated carbocycles. The van der Waals surface area contributed by atoms with E-state index in [2.05, 4.69) is 15.4 Å². The van der Waals surface area contributed by atoms with E-state index >= 15 is 0 Å². The van der Waals surface area contributed by atoms with Crippen LogP contribution in [0.5, 0.6) is 5.75 Å². The van der Waals surface area contributed by atoms with Crippen LogP contribution in [0, 0.1) is 5.82 Å². The number of nitrogens with one attached hydrogen (secondary N) is 1. The summed E-state index contributed by atoms with van der Waals surface area (Å²) in [6, 6.07) is 13.0. The predicted molar refractivity (Wildman–Crippen MR) is 93.5 cm³/mol. The van der Waals surface area contributed by atoms with E-state index in [9.17, 15) is 14.3 Å². The number of benzene rings is 2. The number of hydrogen-bond donors (Lipinski definition) is 2. The molecule has 3 aromatic rings. The fraction of sp³-hybridized carbons (Fsp3) is 0.211. The van der Waals surface area contributed by atoms with E-state index in [4.69, 9.17) is 0 Å². The third-order valence-electron chi connectivity index (χ3n) is 4.59. The number of hydrogen-bond acceptors (Lipinski definition) is 4. The minimum Gasteiger partial charge on any atom is -0.508 e. The van der Waals surface area contributed by atoms with Crippen molar-refractivity contribution in [2.24, 2.45) is 0 Å². The van der Waals surface area contributed by atoms with Crippen LogP contribution in [-0.2, 0) is 13.0 Å². The Kier molecular flexibility index (Phi) is 4.12. The molecule has 1 amide bonds. The van der Waals surface area contributed by atoms with Gasteiger partial charge in [-0.1, -0.05) is 30.3 Å². The zero-order chi connectivity index (χ0) is 18.1. The minimum atomic E-state index is -0.589. The summed E-state index contributed by atoms with van der Waals surface area (Å²) in [5, 5.41) is 16.9. The molecule has 0 aliphatic carbocycles. The van der Waals surface area contributed by atoms with Crippen molar-refractivity contribution in [3.63, 3.8) is 0 Å². The van der Waals surface area contributed by atoms with Gasteiger partial charge in [-0.05, 0) is 36.1 Å². The quantitative estimate of drug-likeness (QED) is 0.759. The molecule has 0 saturated heterocycles. The first-order valence-electron chi connectivity index (χ1n) is 8.39. The smallest absolute Gasteiger partial charge is 0.261 e. The van der Waals surface area contributed by atoms with Gasteiger partial charge in [-0.15, -0.1) is 5.10 Å². The molecule has 4 rings (SSSR count). The summed E-state index contributed by atoms with van der Waals surface area (Å²) < 4.78 is 15.5. The molecule has 0 fully saturated rings. The molecule has 2 heterocycles. The fourth-order valence-corrected chi connectivity index (χ4v) is 3.27. The number of fused-ring (bicyclic) bond motifs is 1. The number of halogens is 1. The third kappa shape index (κ3) is 3.03. The molecular weight excluding hydrogens is 335 g/mol. The summed E-state index contributed by atoms with van der Waals surface area (Å²) in [5.41, 5.74) is 0.839. The van der Waals surface area contributed by atoms with Crippen LogP contribution in [0.4, 0.5) is 10.3 Å². The monoisotopic (exact) mass is 352 g/mol. The Labute approximate surface area is 149 Å². The maximum atomic E-state index is 13.7. The van der Waals surface area contributed by atoms with Gasteiger partial charge >= 0.3 is 0 Å². The first-order valence-corrected chi connectivity index (χ1v) is 8.39. The van der Waals surface area contributed by atoms with Gasteiger partial charge < -0.3 is 5.11 Å². The highest BCUT2D eigenvalue weighted by atomic mass is 19.1. The van der Waals surface area contributed by atoms with Crippen molar-refractivity contribution in [3.8, 4) is 5.75 Å². The van der Waals surface area contributed by atoms with Gasteiger partial charge in [0.05, 0.1) is 5.56 Å². The Balaban J connectivity index is 1.52. The third-order valence-corrected chi connectivity index (χ3v) is 4.59. The number of aryl methyl sites for hydroxylation is 1. The van der Waals surface area contributed by atoms with Crippen molar-refractivity contribution >= 4 is 11.9 Å². The number of aromatic hydroxyl groups is 1. The molecule has 1 aromatic heterocycles. The first kappa shape index (κ1) is 16.3. The van der Waals surface area contributed by atoms with Crippen LogP contribution in [-0.4, -0.2) is 25.8 Å². The van der Waals surface area contributed by atoms with Crippen molar-refractivity contribution in [1.82, 2.24) is 14.8 Å². The van der Waals surface area contributed by atoms with Gasteiger partial charge in [0.25, 0.3) is 5.91 Å². The van der Waals surface area contributed by atoms with E-state index in [0.717, 1.165) is 17.8 Å². The van der Waals surface area contributed by atoms with Crippen LogP contribution in [0.2, 0.25) is 0 Å². The van der Waals surface area contributed by atoms with E-state index in [1.807, 2.05) is 12.1 Å². The molecule has 1 unspecified atom stereocenters. The van der Waals surface area contributed by atoms with Gasteiger partial charge in [-0.2, -0.15) is 4.98 Å². The molecule has 0 spiro atoms. The normalized spacial score (nSPS) is 16.1. The Bertz CT molecular complexity index is 970. The number of phenols is 1. The zero-order valence-electron chi connectivity index (χ0n) is 13.9. The number of aromatic nitrogens is 3. The lowest BCUT2D eigenvalue weighted by Gasteiger charge is -2.22. The average molecular weight is 352 g/mol. The summed E-state index contributed by atoms with van der Waals surface area (Å²) in [6.45, 7) is 0.636. The van der Waals surface area contributed by atoms with Crippen molar-refractivity contribution in [1.29, 1.82) is 0 Å². The number of amides is 1. The van der Waals surface area contributed by atoms with Crippen molar-refractivity contribution in [2.45, 2.75) is 25.3 Å². The lowest BCUT2D eigenvalue weighted by Crippen LogP contribution is -2.19. The standard InChI is InChI=1S/C19H17FN4O2/c20-15-7-3-1-6-14(15)18(26)22-19-21-17-11-12(9-10-24(17)23-19)13-5-2-4-8-16(13)25/h1-8,12,25H,9-11H2,(H,22,23,26). The number of carbonyl (C=O) groups excluding carboxylic acids is 1. The Hall–Kier alpha value is -3.22. The molecule has 132 valence electrons. The first-order chi connectivity index (χ1) is 12.6. The minimum absolute atomic E-state index is 0.0487. The van der Waals surface area contributed by atoms with Crippen LogP contribution in [0.1, 0.15) is 34.1 Å². The average Bonchev–Trinajstić information content (AvgIpc) is 3.03. The number of para-hydroxylation sites is 1. The Morgan fingerprint density at radius 2 is 1.96 bits per heavy atom. The van der Waals surface area contributed by atoms with Crippen LogP contribution >= 0.6 is 0 Å². The molecular formula is C19H17FN4O2. The molecule has 1 aliphatic heterocycles. The number of anilines is 1. The second-order valence-corrected chi connectivity index (χ2v) is 6.26. The largest absolute Gasteiger partial charge is 0.508 e. The van der Waals surface area contributed by atoms with E-state index in [1.165, 1.54) is 18.2 Å². The van der Waals surface area contributed by atoms with E-state index in [-0.39, 0.29) is 23.2 Å². The highest BCUT2D eigenvalue weighted by Gasteiger charge is 2.25. The highest BCUT2D eigenvalue weighted by Crippen LogP contribution is 2.33. The van der Waals surface area contributed by atoms with Crippen LogP contribution in [0.15, 0.2) is 48.5 Å². The maximum absolute atomic E-state index is 13.7. The molecule has 6 nitrogen and oxygen atoms in total. The topological polar surface area (TPSA) is 80.0 Å². The molecule has 0 bridgehead atoms. The number of phenolic OH excluding ortho intramolecular Hbond substituents is 1. The number of rotatable bonds is 3. The van der Waals surface area contributed by atoms with Gasteiger partial charge in [0.1, 0.15) is 17.4 Å². The Morgan fingerprint density at radius 1 is 1.19 bits per heavy atom. The SMILES string of the molecule is O=C(Nc1nc2n(n1)CCC(c1ccccc1O)C2)c1ccccc1F. The van der Waals surface area contributed by atoms with Crippen LogP contribution in [0.3, 0.4) is 0 Å². The maximum Gasteiger partial charge on any atom is 0.261 e. The van der Waals surface area contributed by atoms with Gasteiger partial charge in [0, 0.05) is 13.0 Å². The molecule has 0 radical (unpaired) electrons. The van der Waals surface area contributed by atoms with Crippen LogP contribution in [0.25, 0.3) is 0 Å². The van der Waals surface area contributed by atoms with Gasteiger partial charge in [0.15, 0.2) is 0 Å². The fourth-order valence-electron chi connectivity index (χ4n) is 3.27. The molecule has 2 N–H and O–H groups in total. The van der Waals surface area contributed by atoms with Crippen molar-refractivity contribution in [3.05, 3.63) is 71.3 Å². The van der Waals surface area contributed by atoms with Crippen molar-refractivity contribution < 1.29 is 14.3 Å². The van der Waals surface area contributed by atoms with Crippen molar-refractivity contribution in [2.75, 3.05) is 5.32 Å². The second kappa shape index (κ2) is 6.59. The van der Waals surface area contributed by atoms with E-state index in [1.54, 1.807) is 22.9 Å². The predicted octanol–water partition coefficient (Wildman–Crippen LogP) is 3.11. The van der Waals surface area contributed by atoms with Gasteiger partial charge in [-0.3, -0.25) is 10.1 Å². The summed E-state index contributed by atoms with van der Waals surface area (Å²) in [5.74, 6) is 0.137. The Morgan fingerprint density at radius 3 is 2.77 bits per heavy atom. The molecule has 1 aliphatic rings. The summed E-state index contributed by atoms with van der Waals surface area (Å²) >= 11 is 0. The number of nitrogens with zero attached hydrogens (tertiary/aromatic N) is 3. The van der Waals surface area contributed by atoms with Gasteiger partial charge in [-0.25, -0.2) is 9.07 Å². The van der Waals surface area contributed by atoms with Gasteiger partial charge in [0.2, 0.25) is 5.95 Å².